The number of sulfonamides is 1. The van der Waals surface area contributed by atoms with Gasteiger partial charge >= 0.3 is 0 Å². The number of aromatic nitrogens is 2. The number of aliphatic hydroxyl groups is 1. The Morgan fingerprint density at radius 1 is 1.43 bits per heavy atom. The Hall–Kier alpha value is -1.68. The second kappa shape index (κ2) is 6.44. The van der Waals surface area contributed by atoms with E-state index in [1.54, 1.807) is 24.5 Å². The van der Waals surface area contributed by atoms with Gasteiger partial charge < -0.3 is 18.8 Å². The number of morpholine rings is 1. The van der Waals surface area contributed by atoms with E-state index in [2.05, 4.69) is 4.98 Å². The van der Waals surface area contributed by atoms with Gasteiger partial charge in [0.15, 0.2) is 11.6 Å². The summed E-state index contributed by atoms with van der Waals surface area (Å²) in [6.45, 7) is 1.37. The van der Waals surface area contributed by atoms with Crippen LogP contribution in [0.25, 0.3) is 11.6 Å². The molecular formula is C14H19N3O5S. The van der Waals surface area contributed by atoms with Gasteiger partial charge in [-0.1, -0.05) is 0 Å². The molecule has 0 aliphatic carbocycles. The molecule has 3 heterocycles. The lowest BCUT2D eigenvalue weighted by Crippen LogP contribution is -2.46. The van der Waals surface area contributed by atoms with Gasteiger partial charge in [0, 0.05) is 25.5 Å². The van der Waals surface area contributed by atoms with E-state index in [4.69, 9.17) is 14.3 Å². The van der Waals surface area contributed by atoms with Crippen LogP contribution >= 0.6 is 0 Å². The van der Waals surface area contributed by atoms with Gasteiger partial charge in [-0.15, -0.1) is 0 Å². The van der Waals surface area contributed by atoms with Gasteiger partial charge in [-0.05, 0) is 12.1 Å². The smallest absolute Gasteiger partial charge is 0.211 e. The monoisotopic (exact) mass is 341 g/mol. The standard InChI is InChI=1S/C14H19N3O5S/c1-23(19,20)17-6-7-21-12(9-17)8-16-5-4-15-14(16)13-3-2-11(10-18)22-13/h2-5,12,18H,6-10H2,1H3/t12-/m0/s1. The summed E-state index contributed by atoms with van der Waals surface area (Å²) >= 11 is 0. The fourth-order valence-corrected chi connectivity index (χ4v) is 3.43. The molecular weight excluding hydrogens is 322 g/mol. The van der Waals surface area contributed by atoms with Crippen LogP contribution in [0.3, 0.4) is 0 Å². The molecule has 0 radical (unpaired) electrons. The quantitative estimate of drug-likeness (QED) is 0.840. The molecule has 9 heteroatoms. The molecule has 126 valence electrons. The van der Waals surface area contributed by atoms with Gasteiger partial charge in [-0.2, -0.15) is 4.31 Å². The van der Waals surface area contributed by atoms with Crippen molar-refractivity contribution in [2.75, 3.05) is 26.0 Å². The summed E-state index contributed by atoms with van der Waals surface area (Å²) in [5.74, 6) is 1.63. The third kappa shape index (κ3) is 3.63. The van der Waals surface area contributed by atoms with Gasteiger partial charge in [0.25, 0.3) is 0 Å². The Kier molecular flexibility index (Phi) is 4.53. The lowest BCUT2D eigenvalue weighted by atomic mass is 10.3. The molecule has 1 atom stereocenters. The number of rotatable bonds is 5. The molecule has 1 fully saturated rings. The fourth-order valence-electron chi connectivity index (χ4n) is 2.59. The molecule has 0 bridgehead atoms. The van der Waals surface area contributed by atoms with E-state index < -0.39 is 10.0 Å². The maximum Gasteiger partial charge on any atom is 0.211 e. The van der Waals surface area contributed by atoms with Crippen molar-refractivity contribution in [3.63, 3.8) is 0 Å². The van der Waals surface area contributed by atoms with Crippen LogP contribution in [-0.2, 0) is 27.9 Å². The van der Waals surface area contributed by atoms with E-state index in [1.807, 2.05) is 4.57 Å². The maximum absolute atomic E-state index is 11.7. The molecule has 0 aromatic carbocycles. The Morgan fingerprint density at radius 3 is 2.96 bits per heavy atom. The summed E-state index contributed by atoms with van der Waals surface area (Å²) in [5.41, 5.74) is 0. The van der Waals surface area contributed by atoms with Crippen molar-refractivity contribution in [3.05, 3.63) is 30.3 Å². The minimum atomic E-state index is -3.22. The summed E-state index contributed by atoms with van der Waals surface area (Å²) in [6.07, 6.45) is 4.39. The van der Waals surface area contributed by atoms with Gasteiger partial charge in [0.05, 0.1) is 25.5 Å². The minimum absolute atomic E-state index is 0.171. The Morgan fingerprint density at radius 2 is 2.26 bits per heavy atom. The number of ether oxygens (including phenoxy) is 1. The summed E-state index contributed by atoms with van der Waals surface area (Å²) in [6, 6.07) is 3.44. The second-order valence-corrected chi connectivity index (χ2v) is 7.42. The van der Waals surface area contributed by atoms with Crippen LogP contribution in [-0.4, -0.2) is 59.4 Å². The van der Waals surface area contributed by atoms with Crippen LogP contribution in [0.1, 0.15) is 5.76 Å². The van der Waals surface area contributed by atoms with Crippen LogP contribution < -0.4 is 0 Å². The first-order valence-electron chi connectivity index (χ1n) is 7.25. The fraction of sp³-hybridized carbons (Fsp3) is 0.500. The highest BCUT2D eigenvalue weighted by molar-refractivity contribution is 7.88. The average Bonchev–Trinajstić information content (AvgIpc) is 3.15. The normalized spacial score (nSPS) is 20.0. The lowest BCUT2D eigenvalue weighted by molar-refractivity contribution is -0.00983. The van der Waals surface area contributed by atoms with Crippen molar-refractivity contribution in [2.45, 2.75) is 19.3 Å². The second-order valence-electron chi connectivity index (χ2n) is 5.44. The highest BCUT2D eigenvalue weighted by Gasteiger charge is 2.27. The van der Waals surface area contributed by atoms with Crippen LogP contribution in [0.5, 0.6) is 0 Å². The van der Waals surface area contributed by atoms with Crippen LogP contribution in [0.15, 0.2) is 28.9 Å². The van der Waals surface area contributed by atoms with E-state index in [-0.39, 0.29) is 12.7 Å². The van der Waals surface area contributed by atoms with Crippen molar-refractivity contribution in [2.24, 2.45) is 0 Å². The maximum atomic E-state index is 11.7. The Bertz CT molecular complexity index is 767. The number of aliphatic hydroxyl groups excluding tert-OH is 1. The number of hydrogen-bond donors (Lipinski definition) is 1. The topological polar surface area (TPSA) is 97.8 Å². The average molecular weight is 341 g/mol. The van der Waals surface area contributed by atoms with Crippen molar-refractivity contribution >= 4 is 10.0 Å². The number of nitrogens with zero attached hydrogens (tertiary/aromatic N) is 3. The van der Waals surface area contributed by atoms with Crippen molar-refractivity contribution in [3.8, 4) is 11.6 Å². The first kappa shape index (κ1) is 16.2. The Labute approximate surface area is 134 Å². The van der Waals surface area contributed by atoms with Crippen LogP contribution in [0.2, 0.25) is 0 Å². The van der Waals surface area contributed by atoms with Crippen molar-refractivity contribution < 1.29 is 22.7 Å². The molecule has 23 heavy (non-hydrogen) atoms. The van der Waals surface area contributed by atoms with Gasteiger partial charge in [0.1, 0.15) is 12.4 Å². The zero-order valence-corrected chi connectivity index (χ0v) is 13.6. The zero-order valence-electron chi connectivity index (χ0n) is 12.8. The molecule has 0 amide bonds. The van der Waals surface area contributed by atoms with Gasteiger partial charge in [0.2, 0.25) is 10.0 Å². The number of furan rings is 1. The minimum Gasteiger partial charge on any atom is -0.455 e. The predicted octanol–water partition coefficient (Wildman–Crippen LogP) is 0.296. The first-order valence-corrected chi connectivity index (χ1v) is 9.10. The van der Waals surface area contributed by atoms with E-state index in [1.165, 1.54) is 10.6 Å². The van der Waals surface area contributed by atoms with Crippen molar-refractivity contribution in [1.82, 2.24) is 13.9 Å². The highest BCUT2D eigenvalue weighted by Crippen LogP contribution is 2.22. The van der Waals surface area contributed by atoms with Crippen LogP contribution in [0.4, 0.5) is 0 Å². The van der Waals surface area contributed by atoms with E-state index in [0.29, 0.717) is 43.6 Å². The largest absolute Gasteiger partial charge is 0.455 e. The van der Waals surface area contributed by atoms with Crippen molar-refractivity contribution in [1.29, 1.82) is 0 Å². The molecule has 0 spiro atoms. The Balaban J connectivity index is 1.75. The van der Waals surface area contributed by atoms with E-state index in [0.717, 1.165) is 0 Å². The zero-order chi connectivity index (χ0) is 16.4. The molecule has 1 saturated heterocycles. The molecule has 1 aliphatic heterocycles. The number of imidazole rings is 1. The first-order chi connectivity index (χ1) is 11.0. The summed E-state index contributed by atoms with van der Waals surface area (Å²) < 4.78 is 37.8. The SMILES string of the molecule is CS(=O)(=O)N1CCO[C@@H](Cn2ccnc2-c2ccc(CO)o2)C1. The molecule has 2 aromatic heterocycles. The van der Waals surface area contributed by atoms with Gasteiger partial charge in [-0.25, -0.2) is 13.4 Å². The highest BCUT2D eigenvalue weighted by atomic mass is 32.2. The molecule has 3 rings (SSSR count). The van der Waals surface area contributed by atoms with Gasteiger partial charge in [-0.3, -0.25) is 0 Å². The third-order valence-electron chi connectivity index (χ3n) is 3.72. The summed E-state index contributed by atoms with van der Waals surface area (Å²) in [4.78, 5) is 4.27. The molecule has 1 aliphatic rings. The predicted molar refractivity (Wildman–Crippen MR) is 82.0 cm³/mol. The summed E-state index contributed by atoms with van der Waals surface area (Å²) in [7, 11) is -3.22. The van der Waals surface area contributed by atoms with E-state index >= 15 is 0 Å². The van der Waals surface area contributed by atoms with E-state index in [9.17, 15) is 8.42 Å². The van der Waals surface area contributed by atoms with Crippen LogP contribution in [0, 0.1) is 0 Å². The lowest BCUT2D eigenvalue weighted by Gasteiger charge is -2.31. The molecule has 0 unspecified atom stereocenters. The molecule has 0 saturated carbocycles. The summed E-state index contributed by atoms with van der Waals surface area (Å²) in [5, 5.41) is 9.08. The molecule has 2 aromatic rings. The third-order valence-corrected chi connectivity index (χ3v) is 4.99. The number of hydrogen-bond acceptors (Lipinski definition) is 6. The molecule has 8 nitrogen and oxygen atoms in total. The molecule has 1 N–H and O–H groups in total.